The molecule has 0 bridgehead atoms. The number of aryl methyl sites for hydroxylation is 2. The number of rotatable bonds is 4. The van der Waals surface area contributed by atoms with Crippen molar-refractivity contribution >= 4 is 28.8 Å². The number of amides is 2. The Kier molecular flexibility index (Phi) is 4.91. The first kappa shape index (κ1) is 19.5. The molecule has 4 nitrogen and oxygen atoms in total. The first-order chi connectivity index (χ1) is 14.3. The van der Waals surface area contributed by atoms with Gasteiger partial charge in [0.2, 0.25) is 0 Å². The van der Waals surface area contributed by atoms with Crippen molar-refractivity contribution in [3.63, 3.8) is 0 Å². The van der Waals surface area contributed by atoms with Gasteiger partial charge in [0.05, 0.1) is 11.3 Å². The Labute approximate surface area is 172 Å². The van der Waals surface area contributed by atoms with Crippen molar-refractivity contribution in [3.8, 4) is 0 Å². The molecule has 150 valence electrons. The average Bonchev–Trinajstić information content (AvgIpc) is 2.96. The second-order valence-electron chi connectivity index (χ2n) is 7.12. The van der Waals surface area contributed by atoms with Crippen LogP contribution in [0, 0.1) is 25.5 Å². The van der Waals surface area contributed by atoms with E-state index < -0.39 is 23.4 Å². The average molecular weight is 404 g/mol. The number of halogens is 2. The van der Waals surface area contributed by atoms with Crippen LogP contribution in [0.2, 0.25) is 0 Å². The molecule has 3 aromatic rings. The quantitative estimate of drug-likeness (QED) is 0.624. The number of anilines is 2. The minimum absolute atomic E-state index is 0.0876. The molecule has 0 spiro atoms. The zero-order chi connectivity index (χ0) is 21.4. The Bertz CT molecular complexity index is 1180. The number of carbonyl (C=O) groups is 2. The van der Waals surface area contributed by atoms with E-state index in [1.54, 1.807) is 0 Å². The van der Waals surface area contributed by atoms with E-state index >= 15 is 0 Å². The smallest absolute Gasteiger partial charge is 0.282 e. The Morgan fingerprint density at radius 3 is 2.00 bits per heavy atom. The predicted molar refractivity (Wildman–Crippen MR) is 112 cm³/mol. The molecule has 0 radical (unpaired) electrons. The van der Waals surface area contributed by atoms with Crippen LogP contribution < -0.4 is 10.2 Å². The molecular formula is C24H18F2N2O2. The molecule has 2 amide bonds. The Morgan fingerprint density at radius 2 is 1.37 bits per heavy atom. The normalized spacial score (nSPS) is 13.9. The fourth-order valence-electron chi connectivity index (χ4n) is 3.36. The maximum Gasteiger partial charge on any atom is 0.282 e. The molecule has 1 aliphatic rings. The summed E-state index contributed by atoms with van der Waals surface area (Å²) < 4.78 is 26.8. The molecule has 0 atom stereocenters. The highest BCUT2D eigenvalue weighted by molar-refractivity contribution is 6.46. The summed E-state index contributed by atoms with van der Waals surface area (Å²) >= 11 is 0. The lowest BCUT2D eigenvalue weighted by molar-refractivity contribution is -0.120. The van der Waals surface area contributed by atoms with Gasteiger partial charge in [0.1, 0.15) is 17.3 Å². The monoisotopic (exact) mass is 404 g/mol. The van der Waals surface area contributed by atoms with Gasteiger partial charge in [0, 0.05) is 5.69 Å². The highest BCUT2D eigenvalue weighted by atomic mass is 19.1. The van der Waals surface area contributed by atoms with E-state index in [-0.39, 0.29) is 17.0 Å². The summed E-state index contributed by atoms with van der Waals surface area (Å²) in [5, 5.41) is 3.10. The summed E-state index contributed by atoms with van der Waals surface area (Å²) in [7, 11) is 0. The standard InChI is InChI=1S/C24H18F2N2O2/c1-14-3-4-15(2)20(13-14)27-22-21(16-5-7-17(25)8-6-16)23(29)28(24(22)30)19-11-9-18(26)10-12-19/h3-13,27H,1-2H3. The van der Waals surface area contributed by atoms with Crippen molar-refractivity contribution in [2.24, 2.45) is 0 Å². The number of hydrogen-bond acceptors (Lipinski definition) is 3. The number of nitrogens with one attached hydrogen (secondary N) is 1. The van der Waals surface area contributed by atoms with Crippen LogP contribution in [0.1, 0.15) is 16.7 Å². The lowest BCUT2D eigenvalue weighted by Gasteiger charge is -2.16. The third-order valence-electron chi connectivity index (χ3n) is 4.95. The first-order valence-electron chi connectivity index (χ1n) is 9.34. The Hall–Kier alpha value is -3.80. The number of nitrogens with zero attached hydrogens (tertiary/aromatic N) is 1. The molecular weight excluding hydrogens is 386 g/mol. The van der Waals surface area contributed by atoms with Crippen molar-refractivity contribution in [2.75, 3.05) is 10.2 Å². The van der Waals surface area contributed by atoms with Crippen molar-refractivity contribution < 1.29 is 18.4 Å². The molecule has 3 aromatic carbocycles. The number of hydrogen-bond donors (Lipinski definition) is 1. The van der Waals surface area contributed by atoms with Crippen LogP contribution in [0.4, 0.5) is 20.2 Å². The minimum Gasteiger partial charge on any atom is -0.350 e. The van der Waals surface area contributed by atoms with Crippen LogP contribution in [0.15, 0.2) is 72.4 Å². The van der Waals surface area contributed by atoms with E-state index in [9.17, 15) is 18.4 Å². The summed E-state index contributed by atoms with van der Waals surface area (Å²) in [5.74, 6) is -2.05. The summed E-state index contributed by atoms with van der Waals surface area (Å²) in [5.41, 5.74) is 3.45. The van der Waals surface area contributed by atoms with E-state index in [0.29, 0.717) is 11.3 Å². The van der Waals surface area contributed by atoms with Crippen molar-refractivity contribution in [3.05, 3.63) is 101 Å². The fraction of sp³-hybridized carbons (Fsp3) is 0.0833. The zero-order valence-electron chi connectivity index (χ0n) is 16.4. The van der Waals surface area contributed by atoms with Gasteiger partial charge in [-0.1, -0.05) is 24.3 Å². The molecule has 0 aliphatic carbocycles. The topological polar surface area (TPSA) is 49.4 Å². The first-order valence-corrected chi connectivity index (χ1v) is 9.34. The van der Waals surface area contributed by atoms with Crippen LogP contribution in [0.3, 0.4) is 0 Å². The predicted octanol–water partition coefficient (Wildman–Crippen LogP) is 4.98. The molecule has 6 heteroatoms. The second kappa shape index (κ2) is 7.55. The van der Waals surface area contributed by atoms with Gasteiger partial charge in [-0.3, -0.25) is 9.59 Å². The Balaban J connectivity index is 1.84. The fourth-order valence-corrected chi connectivity index (χ4v) is 3.36. The SMILES string of the molecule is Cc1ccc(C)c(NC2=C(c3ccc(F)cc3)C(=O)N(c3ccc(F)cc3)C2=O)c1. The van der Waals surface area contributed by atoms with Gasteiger partial charge in [-0.15, -0.1) is 0 Å². The van der Waals surface area contributed by atoms with Gasteiger partial charge in [-0.25, -0.2) is 13.7 Å². The van der Waals surface area contributed by atoms with Gasteiger partial charge in [-0.2, -0.15) is 0 Å². The molecule has 0 fully saturated rings. The molecule has 4 rings (SSSR count). The number of imide groups is 1. The summed E-state index contributed by atoms with van der Waals surface area (Å²) in [6.07, 6.45) is 0. The molecule has 30 heavy (non-hydrogen) atoms. The molecule has 1 aliphatic heterocycles. The number of benzene rings is 3. The molecule has 0 saturated carbocycles. The Morgan fingerprint density at radius 1 is 0.767 bits per heavy atom. The molecule has 1 N–H and O–H groups in total. The lowest BCUT2D eigenvalue weighted by atomic mass is 10.0. The van der Waals surface area contributed by atoms with Crippen molar-refractivity contribution in [2.45, 2.75) is 13.8 Å². The van der Waals surface area contributed by atoms with E-state index in [4.69, 9.17) is 0 Å². The molecule has 0 unspecified atom stereocenters. The maximum absolute atomic E-state index is 13.4. The van der Waals surface area contributed by atoms with E-state index in [1.807, 2.05) is 32.0 Å². The van der Waals surface area contributed by atoms with Crippen LogP contribution in [0.5, 0.6) is 0 Å². The summed E-state index contributed by atoms with van der Waals surface area (Å²) in [4.78, 5) is 27.5. The van der Waals surface area contributed by atoms with E-state index in [1.165, 1.54) is 48.5 Å². The van der Waals surface area contributed by atoms with Gasteiger partial charge >= 0.3 is 0 Å². The molecule has 0 saturated heterocycles. The van der Waals surface area contributed by atoms with Crippen molar-refractivity contribution in [1.29, 1.82) is 0 Å². The van der Waals surface area contributed by atoms with Crippen LogP contribution in [-0.2, 0) is 9.59 Å². The van der Waals surface area contributed by atoms with Gasteiger partial charge in [-0.05, 0) is 73.0 Å². The third kappa shape index (κ3) is 3.48. The van der Waals surface area contributed by atoms with Crippen LogP contribution in [0.25, 0.3) is 5.57 Å². The third-order valence-corrected chi connectivity index (χ3v) is 4.95. The van der Waals surface area contributed by atoms with E-state index in [2.05, 4.69) is 5.32 Å². The zero-order valence-corrected chi connectivity index (χ0v) is 16.4. The van der Waals surface area contributed by atoms with Crippen LogP contribution >= 0.6 is 0 Å². The second-order valence-corrected chi connectivity index (χ2v) is 7.12. The molecule has 1 heterocycles. The maximum atomic E-state index is 13.4. The van der Waals surface area contributed by atoms with Crippen LogP contribution in [-0.4, -0.2) is 11.8 Å². The highest BCUT2D eigenvalue weighted by Crippen LogP contribution is 2.34. The molecule has 0 aromatic heterocycles. The van der Waals surface area contributed by atoms with Gasteiger partial charge in [0.25, 0.3) is 11.8 Å². The van der Waals surface area contributed by atoms with Crippen molar-refractivity contribution in [1.82, 2.24) is 0 Å². The van der Waals surface area contributed by atoms with E-state index in [0.717, 1.165) is 16.0 Å². The highest BCUT2D eigenvalue weighted by Gasteiger charge is 2.40. The number of carbonyl (C=O) groups excluding carboxylic acids is 2. The minimum atomic E-state index is -0.564. The largest absolute Gasteiger partial charge is 0.350 e. The summed E-state index contributed by atoms with van der Waals surface area (Å²) in [6.45, 7) is 3.81. The summed E-state index contributed by atoms with van der Waals surface area (Å²) in [6, 6.07) is 16.2. The van der Waals surface area contributed by atoms with Gasteiger partial charge in [0.15, 0.2) is 0 Å². The van der Waals surface area contributed by atoms with Gasteiger partial charge < -0.3 is 5.32 Å². The lowest BCUT2D eigenvalue weighted by Crippen LogP contribution is -2.32.